The molecule has 2 N–H and O–H groups in total. The Morgan fingerprint density at radius 1 is 1.31 bits per heavy atom. The molecule has 1 saturated carbocycles. The molecule has 1 aromatic carbocycles. The van der Waals surface area contributed by atoms with Gasteiger partial charge < -0.3 is 10.2 Å². The fourth-order valence-corrected chi connectivity index (χ4v) is 2.39. The van der Waals surface area contributed by atoms with E-state index in [4.69, 9.17) is 5.11 Å². The van der Waals surface area contributed by atoms with Crippen molar-refractivity contribution >= 4 is 5.97 Å². The van der Waals surface area contributed by atoms with Crippen LogP contribution >= 0.6 is 0 Å². The van der Waals surface area contributed by atoms with Crippen LogP contribution in [0.25, 0.3) is 0 Å². The highest BCUT2D eigenvalue weighted by atomic mass is 16.4. The molecule has 0 aromatic heterocycles. The van der Waals surface area contributed by atoms with E-state index in [1.165, 1.54) is 0 Å². The van der Waals surface area contributed by atoms with Gasteiger partial charge in [-0.1, -0.05) is 37.1 Å². The summed E-state index contributed by atoms with van der Waals surface area (Å²) in [7, 11) is 0. The summed E-state index contributed by atoms with van der Waals surface area (Å²) >= 11 is 0. The third-order valence-electron chi connectivity index (χ3n) is 3.25. The minimum Gasteiger partial charge on any atom is -0.481 e. The fraction of sp³-hybridized carbons (Fsp3) is 0.462. The van der Waals surface area contributed by atoms with Gasteiger partial charge in [-0.25, -0.2) is 0 Å². The van der Waals surface area contributed by atoms with Gasteiger partial charge in [-0.05, 0) is 24.0 Å². The van der Waals surface area contributed by atoms with Crippen LogP contribution in [0, 0.1) is 0 Å². The van der Waals surface area contributed by atoms with Crippen molar-refractivity contribution in [2.75, 3.05) is 0 Å². The minimum absolute atomic E-state index is 0.0178. The number of benzene rings is 1. The first kappa shape index (κ1) is 11.1. The molecule has 0 saturated heterocycles. The molecule has 0 unspecified atom stereocenters. The van der Waals surface area contributed by atoms with E-state index in [1.54, 1.807) is 6.07 Å². The van der Waals surface area contributed by atoms with Crippen LogP contribution < -0.4 is 0 Å². The lowest BCUT2D eigenvalue weighted by atomic mass is 9.90. The van der Waals surface area contributed by atoms with Gasteiger partial charge in [-0.2, -0.15) is 0 Å². The summed E-state index contributed by atoms with van der Waals surface area (Å²) in [5.41, 5.74) is 0.892. The molecular weight excluding hydrogens is 204 g/mol. The lowest BCUT2D eigenvalue weighted by Crippen LogP contribution is -2.21. The standard InChI is InChI=1S/C13H16O3/c14-12(15)9-10-4-3-5-11(8-10)13(16)6-1-2-7-13/h3-5,8,16H,1-2,6-7,9H2,(H,14,15). The van der Waals surface area contributed by atoms with Gasteiger partial charge in [0, 0.05) is 0 Å². The second-order valence-electron chi connectivity index (χ2n) is 4.51. The largest absolute Gasteiger partial charge is 0.481 e. The number of aliphatic hydroxyl groups is 1. The third kappa shape index (κ3) is 2.25. The molecule has 3 heteroatoms. The molecule has 0 amide bonds. The van der Waals surface area contributed by atoms with E-state index >= 15 is 0 Å². The number of carboxylic acid groups (broad SMARTS) is 1. The Hall–Kier alpha value is -1.35. The smallest absolute Gasteiger partial charge is 0.307 e. The summed E-state index contributed by atoms with van der Waals surface area (Å²) in [6, 6.07) is 7.32. The van der Waals surface area contributed by atoms with Crippen molar-refractivity contribution < 1.29 is 15.0 Å². The second-order valence-corrected chi connectivity index (χ2v) is 4.51. The van der Waals surface area contributed by atoms with Crippen LogP contribution in [-0.4, -0.2) is 16.2 Å². The molecule has 1 aliphatic rings. The van der Waals surface area contributed by atoms with Crippen LogP contribution in [0.4, 0.5) is 0 Å². The van der Waals surface area contributed by atoms with Crippen LogP contribution in [0.15, 0.2) is 24.3 Å². The van der Waals surface area contributed by atoms with Gasteiger partial charge in [-0.15, -0.1) is 0 Å². The zero-order valence-corrected chi connectivity index (χ0v) is 9.15. The Bertz CT molecular complexity index is 392. The summed E-state index contributed by atoms with van der Waals surface area (Å²) in [5, 5.41) is 19.1. The summed E-state index contributed by atoms with van der Waals surface area (Å²) in [6.45, 7) is 0. The van der Waals surface area contributed by atoms with E-state index in [-0.39, 0.29) is 6.42 Å². The van der Waals surface area contributed by atoms with Crippen molar-refractivity contribution in [2.24, 2.45) is 0 Å². The normalized spacial score (nSPS) is 18.6. The van der Waals surface area contributed by atoms with E-state index in [1.807, 2.05) is 18.2 Å². The van der Waals surface area contributed by atoms with E-state index in [0.717, 1.165) is 36.8 Å². The van der Waals surface area contributed by atoms with Crippen molar-refractivity contribution in [2.45, 2.75) is 37.7 Å². The van der Waals surface area contributed by atoms with E-state index < -0.39 is 11.6 Å². The van der Waals surface area contributed by atoms with E-state index in [2.05, 4.69) is 0 Å². The number of aliphatic carboxylic acids is 1. The molecule has 16 heavy (non-hydrogen) atoms. The lowest BCUT2D eigenvalue weighted by Gasteiger charge is -2.23. The van der Waals surface area contributed by atoms with Crippen molar-refractivity contribution in [1.82, 2.24) is 0 Å². The molecule has 3 nitrogen and oxygen atoms in total. The fourth-order valence-electron chi connectivity index (χ4n) is 2.39. The molecule has 1 fully saturated rings. The topological polar surface area (TPSA) is 57.5 Å². The summed E-state index contributed by atoms with van der Waals surface area (Å²) in [4.78, 5) is 10.6. The highest BCUT2D eigenvalue weighted by molar-refractivity contribution is 5.70. The van der Waals surface area contributed by atoms with Crippen LogP contribution in [0.3, 0.4) is 0 Å². The molecule has 0 atom stereocenters. The van der Waals surface area contributed by atoms with Crippen molar-refractivity contribution in [3.05, 3.63) is 35.4 Å². The number of rotatable bonds is 3. The van der Waals surface area contributed by atoms with Gasteiger partial charge in [0.2, 0.25) is 0 Å². The van der Waals surface area contributed by atoms with Crippen molar-refractivity contribution in [3.63, 3.8) is 0 Å². The SMILES string of the molecule is O=C(O)Cc1cccc(C2(O)CCCC2)c1. The zero-order valence-electron chi connectivity index (χ0n) is 9.15. The maximum Gasteiger partial charge on any atom is 0.307 e. The maximum atomic E-state index is 10.6. The first-order valence-corrected chi connectivity index (χ1v) is 5.64. The van der Waals surface area contributed by atoms with Crippen molar-refractivity contribution in [1.29, 1.82) is 0 Å². The predicted molar refractivity (Wildman–Crippen MR) is 60.1 cm³/mol. The first-order valence-electron chi connectivity index (χ1n) is 5.64. The molecule has 1 aromatic rings. The van der Waals surface area contributed by atoms with E-state index in [9.17, 15) is 9.90 Å². The number of carboxylic acids is 1. The molecule has 0 bridgehead atoms. The van der Waals surface area contributed by atoms with Gasteiger partial charge in [0.15, 0.2) is 0 Å². The molecule has 0 heterocycles. The average Bonchev–Trinajstić information content (AvgIpc) is 2.66. The monoisotopic (exact) mass is 220 g/mol. The highest BCUT2D eigenvalue weighted by Crippen LogP contribution is 2.38. The number of hydrogen-bond acceptors (Lipinski definition) is 2. The lowest BCUT2D eigenvalue weighted by molar-refractivity contribution is -0.136. The minimum atomic E-state index is -0.837. The Morgan fingerprint density at radius 2 is 2.00 bits per heavy atom. The Kier molecular flexibility index (Phi) is 2.97. The first-order chi connectivity index (χ1) is 7.60. The third-order valence-corrected chi connectivity index (χ3v) is 3.25. The van der Waals surface area contributed by atoms with Crippen LogP contribution in [-0.2, 0) is 16.8 Å². The Labute approximate surface area is 94.7 Å². The highest BCUT2D eigenvalue weighted by Gasteiger charge is 2.32. The van der Waals surface area contributed by atoms with Crippen LogP contribution in [0.5, 0.6) is 0 Å². The molecular formula is C13H16O3. The van der Waals surface area contributed by atoms with Crippen LogP contribution in [0.2, 0.25) is 0 Å². The van der Waals surface area contributed by atoms with Gasteiger partial charge in [0.25, 0.3) is 0 Å². The van der Waals surface area contributed by atoms with Gasteiger partial charge in [0.05, 0.1) is 12.0 Å². The summed E-state index contributed by atoms with van der Waals surface area (Å²) in [6.07, 6.45) is 3.66. The molecule has 0 aliphatic heterocycles. The van der Waals surface area contributed by atoms with Gasteiger partial charge >= 0.3 is 5.97 Å². The van der Waals surface area contributed by atoms with Gasteiger partial charge in [0.1, 0.15) is 0 Å². The quantitative estimate of drug-likeness (QED) is 0.819. The average molecular weight is 220 g/mol. The maximum absolute atomic E-state index is 10.6. The molecule has 86 valence electrons. The van der Waals surface area contributed by atoms with Gasteiger partial charge in [-0.3, -0.25) is 4.79 Å². The zero-order chi connectivity index (χ0) is 11.6. The predicted octanol–water partition coefficient (Wildman–Crippen LogP) is 2.08. The molecule has 1 aliphatic carbocycles. The Balaban J connectivity index is 2.24. The molecule has 0 radical (unpaired) electrons. The number of carbonyl (C=O) groups is 1. The second kappa shape index (κ2) is 4.26. The van der Waals surface area contributed by atoms with Crippen molar-refractivity contribution in [3.8, 4) is 0 Å². The molecule has 0 spiro atoms. The summed E-state index contributed by atoms with van der Waals surface area (Å²) in [5.74, 6) is -0.837. The van der Waals surface area contributed by atoms with Crippen LogP contribution in [0.1, 0.15) is 36.8 Å². The Morgan fingerprint density at radius 3 is 2.62 bits per heavy atom. The number of hydrogen-bond donors (Lipinski definition) is 2. The molecule has 2 rings (SSSR count). The van der Waals surface area contributed by atoms with E-state index in [0.29, 0.717) is 0 Å². The summed E-state index contributed by atoms with van der Waals surface area (Å²) < 4.78 is 0.